The van der Waals surface area contributed by atoms with Crippen LogP contribution in [0.25, 0.3) is 11.3 Å². The Morgan fingerprint density at radius 3 is 2.89 bits per heavy atom. The number of pyridine rings is 1. The zero-order valence-electron chi connectivity index (χ0n) is 15.0. The van der Waals surface area contributed by atoms with Crippen LogP contribution in [0.4, 0.5) is 0 Å². The van der Waals surface area contributed by atoms with Crippen molar-refractivity contribution in [3.63, 3.8) is 0 Å². The Morgan fingerprint density at radius 1 is 1.15 bits per heavy atom. The van der Waals surface area contributed by atoms with Gasteiger partial charge in [0.05, 0.1) is 18.5 Å². The number of aryl methyl sites for hydroxylation is 1. The summed E-state index contributed by atoms with van der Waals surface area (Å²) in [5.74, 6) is 1.34. The number of imidazole rings is 1. The Morgan fingerprint density at radius 2 is 2.04 bits per heavy atom. The smallest absolute Gasteiger partial charge is 0.258 e. The molecule has 0 aliphatic rings. The molecule has 0 unspecified atom stereocenters. The third-order valence-electron chi connectivity index (χ3n) is 4.16. The van der Waals surface area contributed by atoms with Gasteiger partial charge in [-0.05, 0) is 36.8 Å². The number of hydrogen-bond acceptors (Lipinski definition) is 5. The van der Waals surface area contributed by atoms with E-state index >= 15 is 0 Å². The van der Waals surface area contributed by atoms with Gasteiger partial charge in [-0.15, -0.1) is 0 Å². The molecule has 3 aromatic heterocycles. The molecule has 3 heterocycles. The predicted octanol–water partition coefficient (Wildman–Crippen LogP) is 3.49. The number of aromatic nitrogens is 4. The average molecular weight is 378 g/mol. The van der Waals surface area contributed by atoms with Crippen LogP contribution in [0.1, 0.15) is 11.3 Å². The summed E-state index contributed by atoms with van der Waals surface area (Å²) >= 11 is 1.54. The lowest BCUT2D eigenvalue weighted by Crippen LogP contribution is -2.15. The van der Waals surface area contributed by atoms with Crippen LogP contribution in [-0.4, -0.2) is 26.0 Å². The third kappa shape index (κ3) is 3.59. The quantitative estimate of drug-likeness (QED) is 0.498. The van der Waals surface area contributed by atoms with Crippen LogP contribution in [0, 0.1) is 6.92 Å². The number of benzene rings is 1. The molecule has 0 atom stereocenters. The Hall–Kier alpha value is -3.06. The minimum absolute atomic E-state index is 0.0771. The fourth-order valence-corrected chi connectivity index (χ4v) is 3.69. The molecule has 0 radical (unpaired) electrons. The SMILES string of the molecule is COc1cccc(-n2ccnc2SCc2cc(=O)n3ccc(C)cc3n2)c1. The van der Waals surface area contributed by atoms with Crippen LogP contribution in [0.3, 0.4) is 0 Å². The van der Waals surface area contributed by atoms with Crippen LogP contribution in [-0.2, 0) is 5.75 Å². The zero-order valence-corrected chi connectivity index (χ0v) is 15.8. The molecule has 7 heteroatoms. The minimum atomic E-state index is -0.0771. The molecular weight excluding hydrogens is 360 g/mol. The second-order valence-corrected chi connectivity index (χ2v) is 7.03. The molecule has 0 saturated heterocycles. The zero-order chi connectivity index (χ0) is 18.8. The Bertz CT molecular complexity index is 1170. The summed E-state index contributed by atoms with van der Waals surface area (Å²) in [7, 11) is 1.65. The highest BCUT2D eigenvalue weighted by Crippen LogP contribution is 2.25. The molecule has 0 amide bonds. The molecule has 4 rings (SSSR count). The van der Waals surface area contributed by atoms with E-state index in [1.165, 1.54) is 11.8 Å². The molecule has 0 saturated carbocycles. The molecule has 0 N–H and O–H groups in total. The first-order valence-corrected chi connectivity index (χ1v) is 9.42. The lowest BCUT2D eigenvalue weighted by Gasteiger charge is -2.09. The standard InChI is InChI=1S/C20H18N4O2S/c1-14-6-8-24-18(10-14)22-15(11-19(24)25)13-27-20-21-7-9-23(20)16-4-3-5-17(12-16)26-2/h3-12H,13H2,1-2H3. The van der Waals surface area contributed by atoms with Gasteiger partial charge in [-0.2, -0.15) is 0 Å². The van der Waals surface area contributed by atoms with Crippen molar-refractivity contribution in [3.05, 3.63) is 82.7 Å². The molecule has 0 fully saturated rings. The first-order chi connectivity index (χ1) is 13.1. The number of fused-ring (bicyclic) bond motifs is 1. The maximum atomic E-state index is 12.3. The lowest BCUT2D eigenvalue weighted by molar-refractivity contribution is 0.414. The lowest BCUT2D eigenvalue weighted by atomic mass is 10.3. The highest BCUT2D eigenvalue weighted by Gasteiger charge is 2.09. The fourth-order valence-electron chi connectivity index (χ4n) is 2.82. The van der Waals surface area contributed by atoms with Crippen molar-refractivity contribution in [2.75, 3.05) is 7.11 Å². The van der Waals surface area contributed by atoms with Crippen LogP contribution in [0.15, 0.2) is 71.0 Å². The van der Waals surface area contributed by atoms with Gasteiger partial charge in [0.15, 0.2) is 5.16 Å². The largest absolute Gasteiger partial charge is 0.497 e. The van der Waals surface area contributed by atoms with E-state index in [1.807, 2.05) is 54.1 Å². The number of ether oxygens (including phenoxy) is 1. The predicted molar refractivity (Wildman–Crippen MR) is 106 cm³/mol. The summed E-state index contributed by atoms with van der Waals surface area (Å²) in [4.78, 5) is 21.4. The Balaban J connectivity index is 1.60. The molecule has 0 aliphatic heterocycles. The molecule has 4 aromatic rings. The highest BCUT2D eigenvalue weighted by molar-refractivity contribution is 7.98. The summed E-state index contributed by atoms with van der Waals surface area (Å²) < 4.78 is 8.84. The summed E-state index contributed by atoms with van der Waals surface area (Å²) in [6, 6.07) is 13.2. The third-order valence-corrected chi connectivity index (χ3v) is 5.16. The van der Waals surface area contributed by atoms with E-state index in [1.54, 1.807) is 30.0 Å². The van der Waals surface area contributed by atoms with Gasteiger partial charge < -0.3 is 4.74 Å². The highest BCUT2D eigenvalue weighted by atomic mass is 32.2. The number of hydrogen-bond donors (Lipinski definition) is 0. The first-order valence-electron chi connectivity index (χ1n) is 8.43. The van der Waals surface area contributed by atoms with Gasteiger partial charge in [0.1, 0.15) is 11.4 Å². The number of methoxy groups -OCH3 is 1. The monoisotopic (exact) mass is 378 g/mol. The van der Waals surface area contributed by atoms with E-state index < -0.39 is 0 Å². The molecule has 0 aliphatic carbocycles. The van der Waals surface area contributed by atoms with E-state index in [0.717, 1.165) is 27.9 Å². The molecule has 0 bridgehead atoms. The van der Waals surface area contributed by atoms with E-state index in [9.17, 15) is 4.79 Å². The Kier molecular flexibility index (Phi) is 4.68. The van der Waals surface area contributed by atoms with Crippen molar-refractivity contribution in [1.29, 1.82) is 0 Å². The van der Waals surface area contributed by atoms with Crippen molar-refractivity contribution >= 4 is 17.4 Å². The number of nitrogens with zero attached hydrogens (tertiary/aromatic N) is 4. The second kappa shape index (κ2) is 7.28. The molecule has 0 spiro atoms. The summed E-state index contributed by atoms with van der Waals surface area (Å²) in [5, 5.41) is 0.828. The van der Waals surface area contributed by atoms with Gasteiger partial charge in [-0.25, -0.2) is 9.97 Å². The van der Waals surface area contributed by atoms with Crippen molar-refractivity contribution in [1.82, 2.24) is 18.9 Å². The molecule has 136 valence electrons. The van der Waals surface area contributed by atoms with E-state index in [4.69, 9.17) is 4.74 Å². The normalized spacial score (nSPS) is 11.0. The Labute approximate surface area is 160 Å². The van der Waals surface area contributed by atoms with Crippen molar-refractivity contribution in [2.45, 2.75) is 17.8 Å². The van der Waals surface area contributed by atoms with Crippen LogP contribution >= 0.6 is 11.8 Å². The summed E-state index contributed by atoms with van der Waals surface area (Å²) in [5.41, 5.74) is 3.36. The summed E-state index contributed by atoms with van der Waals surface area (Å²) in [6.45, 7) is 1.98. The van der Waals surface area contributed by atoms with Gasteiger partial charge in [0.25, 0.3) is 5.56 Å². The molecule has 27 heavy (non-hydrogen) atoms. The van der Waals surface area contributed by atoms with Gasteiger partial charge >= 0.3 is 0 Å². The fraction of sp³-hybridized carbons (Fsp3) is 0.150. The number of thioether (sulfide) groups is 1. The first kappa shape index (κ1) is 17.4. The van der Waals surface area contributed by atoms with Crippen LogP contribution in [0.5, 0.6) is 5.75 Å². The van der Waals surface area contributed by atoms with Crippen LogP contribution < -0.4 is 10.3 Å². The van der Waals surface area contributed by atoms with Crippen molar-refractivity contribution < 1.29 is 4.74 Å². The van der Waals surface area contributed by atoms with E-state index in [0.29, 0.717) is 11.4 Å². The molecule has 1 aromatic carbocycles. The maximum Gasteiger partial charge on any atom is 0.258 e. The maximum absolute atomic E-state index is 12.3. The summed E-state index contributed by atoms with van der Waals surface area (Å²) in [6.07, 6.45) is 5.42. The van der Waals surface area contributed by atoms with Crippen LogP contribution in [0.2, 0.25) is 0 Å². The van der Waals surface area contributed by atoms with Crippen molar-refractivity contribution in [3.8, 4) is 11.4 Å². The van der Waals surface area contributed by atoms with Gasteiger partial charge in [0.2, 0.25) is 0 Å². The average Bonchev–Trinajstić information content (AvgIpc) is 3.14. The van der Waals surface area contributed by atoms with E-state index in [2.05, 4.69) is 9.97 Å². The topological polar surface area (TPSA) is 61.4 Å². The minimum Gasteiger partial charge on any atom is -0.497 e. The van der Waals surface area contributed by atoms with Gasteiger partial charge in [0, 0.05) is 36.5 Å². The van der Waals surface area contributed by atoms with Gasteiger partial charge in [-0.3, -0.25) is 13.8 Å². The van der Waals surface area contributed by atoms with Crippen molar-refractivity contribution in [2.24, 2.45) is 0 Å². The number of rotatable bonds is 5. The molecular formula is C20H18N4O2S. The molecule has 6 nitrogen and oxygen atoms in total. The van der Waals surface area contributed by atoms with Gasteiger partial charge in [-0.1, -0.05) is 17.8 Å². The second-order valence-electron chi connectivity index (χ2n) is 6.09. The van der Waals surface area contributed by atoms with E-state index in [-0.39, 0.29) is 5.56 Å².